The normalized spacial score (nSPS) is 47.4. The number of fused-ring (bicyclic) bond motifs is 5. The minimum atomic E-state index is -1.86. The fourth-order valence-electron chi connectivity index (χ4n) is 8.14. The Hall–Kier alpha value is -1.57. The van der Waals surface area contributed by atoms with Crippen LogP contribution in [0.2, 0.25) is 0 Å². The van der Waals surface area contributed by atoms with Crippen LogP contribution < -0.4 is 0 Å². The van der Waals surface area contributed by atoms with E-state index in [2.05, 4.69) is 0 Å². The maximum Gasteiger partial charge on any atom is 0.306 e. The zero-order valence-corrected chi connectivity index (χ0v) is 21.1. The van der Waals surface area contributed by atoms with E-state index in [1.807, 2.05) is 6.92 Å². The van der Waals surface area contributed by atoms with Gasteiger partial charge in [-0.05, 0) is 67.5 Å². The lowest BCUT2D eigenvalue weighted by molar-refractivity contribution is -0.212. The number of carbonyl (C=O) groups is 3. The van der Waals surface area contributed by atoms with Crippen molar-refractivity contribution in [2.45, 2.75) is 77.7 Å². The van der Waals surface area contributed by atoms with Crippen LogP contribution in [0.4, 0.5) is 13.2 Å². The number of allylic oxidation sites excluding steroid dienone is 4. The summed E-state index contributed by atoms with van der Waals surface area (Å²) < 4.78 is 52.3. The van der Waals surface area contributed by atoms with E-state index in [9.17, 15) is 18.8 Å². The van der Waals surface area contributed by atoms with Crippen LogP contribution in [-0.2, 0) is 19.1 Å². The van der Waals surface area contributed by atoms with Gasteiger partial charge in [-0.3, -0.25) is 14.4 Å². The highest BCUT2D eigenvalue weighted by Gasteiger charge is 2.77. The number of rotatable bonds is 4. The largest absolute Gasteiger partial charge is 0.449 e. The lowest BCUT2D eigenvalue weighted by Crippen LogP contribution is -2.68. The SMILES string of the molecule is CCC(=O)O[C@]1(C(=O)SCF)[C@H](C)CC2C3C[C@H](F)C4=CC(=O)C=C[C@]4(C)[C@@]3(F)[C@@H](C)C[C@@]21C. The summed E-state index contributed by atoms with van der Waals surface area (Å²) >= 11 is 0.477. The molecule has 0 radical (unpaired) electrons. The highest BCUT2D eigenvalue weighted by molar-refractivity contribution is 8.13. The summed E-state index contributed by atoms with van der Waals surface area (Å²) in [6.07, 6.45) is 3.06. The monoisotopic (exact) mass is 498 g/mol. The van der Waals surface area contributed by atoms with Crippen LogP contribution in [0.1, 0.15) is 60.3 Å². The highest BCUT2D eigenvalue weighted by atomic mass is 32.2. The average molecular weight is 499 g/mol. The van der Waals surface area contributed by atoms with Gasteiger partial charge in [0.2, 0.25) is 5.12 Å². The Kier molecular flexibility index (Phi) is 6.19. The van der Waals surface area contributed by atoms with Crippen molar-refractivity contribution in [3.05, 3.63) is 23.8 Å². The molecule has 9 atom stereocenters. The number of halogens is 3. The first-order valence-corrected chi connectivity index (χ1v) is 13.0. The molecule has 4 rings (SSSR count). The van der Waals surface area contributed by atoms with E-state index in [0.29, 0.717) is 18.2 Å². The predicted octanol–water partition coefficient (Wildman–Crippen LogP) is 5.71. The van der Waals surface area contributed by atoms with Crippen molar-refractivity contribution in [2.24, 2.45) is 34.5 Å². The van der Waals surface area contributed by atoms with E-state index >= 15 is 8.78 Å². The van der Waals surface area contributed by atoms with Crippen molar-refractivity contribution in [1.29, 1.82) is 0 Å². The van der Waals surface area contributed by atoms with Crippen LogP contribution in [0.15, 0.2) is 23.8 Å². The number of alkyl halides is 3. The first-order valence-electron chi connectivity index (χ1n) is 12.1. The Morgan fingerprint density at radius 1 is 1.18 bits per heavy atom. The predicted molar refractivity (Wildman–Crippen MR) is 124 cm³/mol. The van der Waals surface area contributed by atoms with Gasteiger partial charge in [0.1, 0.15) is 17.8 Å². The number of thioether (sulfide) groups is 1. The van der Waals surface area contributed by atoms with Crippen molar-refractivity contribution in [3.63, 3.8) is 0 Å². The summed E-state index contributed by atoms with van der Waals surface area (Å²) in [6.45, 7) is 8.65. The summed E-state index contributed by atoms with van der Waals surface area (Å²) in [5.74, 6) is -3.25. The van der Waals surface area contributed by atoms with E-state index in [-0.39, 0.29) is 30.6 Å². The number of ketones is 1. The minimum Gasteiger partial charge on any atom is -0.449 e. The van der Waals surface area contributed by atoms with Crippen molar-refractivity contribution in [2.75, 3.05) is 6.01 Å². The molecule has 188 valence electrons. The molecule has 8 heteroatoms. The number of hydrogen-bond donors (Lipinski definition) is 0. The molecule has 3 fully saturated rings. The third-order valence-corrected chi connectivity index (χ3v) is 10.2. The topological polar surface area (TPSA) is 60.4 Å². The summed E-state index contributed by atoms with van der Waals surface area (Å²) in [7, 11) is 0. The molecule has 0 N–H and O–H groups in total. The lowest BCUT2D eigenvalue weighted by Gasteiger charge is -2.64. The molecule has 4 nitrogen and oxygen atoms in total. The van der Waals surface area contributed by atoms with E-state index in [0.717, 1.165) is 0 Å². The molecule has 0 aromatic carbocycles. The van der Waals surface area contributed by atoms with Crippen molar-refractivity contribution in [3.8, 4) is 0 Å². The third-order valence-electron chi connectivity index (χ3n) is 9.57. The molecular formula is C26H33F3O4S. The van der Waals surface area contributed by atoms with Crippen LogP contribution >= 0.6 is 11.8 Å². The lowest BCUT2D eigenvalue weighted by atomic mass is 9.42. The van der Waals surface area contributed by atoms with Crippen LogP contribution in [0.5, 0.6) is 0 Å². The minimum absolute atomic E-state index is 0.0480. The van der Waals surface area contributed by atoms with Gasteiger partial charge in [0.25, 0.3) is 0 Å². The molecule has 34 heavy (non-hydrogen) atoms. The Balaban J connectivity index is 1.87. The summed E-state index contributed by atoms with van der Waals surface area (Å²) in [4.78, 5) is 38.0. The zero-order valence-electron chi connectivity index (χ0n) is 20.3. The number of hydrogen-bond acceptors (Lipinski definition) is 5. The Morgan fingerprint density at radius 3 is 2.47 bits per heavy atom. The molecule has 3 saturated carbocycles. The van der Waals surface area contributed by atoms with Crippen LogP contribution in [-0.4, -0.2) is 40.3 Å². The summed E-state index contributed by atoms with van der Waals surface area (Å²) in [5.41, 5.74) is -5.58. The van der Waals surface area contributed by atoms with E-state index in [4.69, 9.17) is 4.74 Å². The third kappa shape index (κ3) is 3.02. The second-order valence-corrected chi connectivity index (χ2v) is 11.9. The van der Waals surface area contributed by atoms with Gasteiger partial charge >= 0.3 is 5.97 Å². The molecule has 0 amide bonds. The maximum absolute atomic E-state index is 17.5. The first kappa shape index (κ1) is 25.5. The molecule has 0 aromatic rings. The Bertz CT molecular complexity index is 981. The van der Waals surface area contributed by atoms with Gasteiger partial charge in [-0.25, -0.2) is 13.2 Å². The van der Waals surface area contributed by atoms with Crippen LogP contribution in [0, 0.1) is 34.5 Å². The number of carbonyl (C=O) groups excluding carboxylic acids is 3. The zero-order chi connectivity index (χ0) is 25.3. The fourth-order valence-corrected chi connectivity index (χ4v) is 8.93. The Morgan fingerprint density at radius 2 is 1.85 bits per heavy atom. The summed E-state index contributed by atoms with van der Waals surface area (Å²) in [5, 5.41) is -0.560. The molecule has 0 heterocycles. The molecule has 0 saturated heterocycles. The maximum atomic E-state index is 17.5. The van der Waals surface area contributed by atoms with Crippen molar-refractivity contribution in [1.82, 2.24) is 0 Å². The number of esters is 1. The number of ether oxygens (including phenoxy) is 1. The van der Waals surface area contributed by atoms with Gasteiger partial charge in [0, 0.05) is 29.1 Å². The summed E-state index contributed by atoms with van der Waals surface area (Å²) in [6, 6.07) is -0.957. The van der Waals surface area contributed by atoms with Gasteiger partial charge in [0.15, 0.2) is 11.4 Å². The second-order valence-electron chi connectivity index (χ2n) is 11.0. The van der Waals surface area contributed by atoms with Crippen molar-refractivity contribution >= 4 is 28.6 Å². The molecule has 0 aromatic heterocycles. The Labute approximate surface area is 203 Å². The van der Waals surface area contributed by atoms with Gasteiger partial charge in [-0.2, -0.15) is 0 Å². The molecule has 2 unspecified atom stereocenters. The molecule has 0 aliphatic heterocycles. The van der Waals surface area contributed by atoms with Gasteiger partial charge in [-0.15, -0.1) is 0 Å². The van der Waals surface area contributed by atoms with Gasteiger partial charge in [0.05, 0.1) is 0 Å². The standard InChI is InChI=1S/C26H33F3O4S/c1-6-21(31)33-26(22(32)34-13-27)14(2)9-17-18-11-20(28)19-10-16(30)7-8-23(19,4)25(18,29)15(3)12-24(17,26)5/h7-8,10,14-15,17-18,20H,6,9,11-13H2,1-5H3/t14-,15+,17?,18?,20+,23+,24+,25-,26+/m1/s1. The van der Waals surface area contributed by atoms with E-state index in [1.165, 1.54) is 18.2 Å². The quantitative estimate of drug-likeness (QED) is 0.465. The average Bonchev–Trinajstić information content (AvgIpc) is 2.99. The fraction of sp³-hybridized carbons (Fsp3) is 0.731. The first-order chi connectivity index (χ1) is 15.8. The van der Waals surface area contributed by atoms with Crippen LogP contribution in [0.3, 0.4) is 0 Å². The van der Waals surface area contributed by atoms with Crippen LogP contribution in [0.25, 0.3) is 0 Å². The van der Waals surface area contributed by atoms with E-state index < -0.39 is 69.0 Å². The van der Waals surface area contributed by atoms with Crippen molar-refractivity contribution < 1.29 is 32.3 Å². The molecule has 0 spiro atoms. The van der Waals surface area contributed by atoms with E-state index in [1.54, 1.807) is 27.7 Å². The molecule has 4 aliphatic rings. The molecular weight excluding hydrogens is 465 g/mol. The smallest absolute Gasteiger partial charge is 0.306 e. The molecule has 4 aliphatic carbocycles. The van der Waals surface area contributed by atoms with Gasteiger partial charge in [-0.1, -0.05) is 33.8 Å². The molecule has 0 bridgehead atoms. The highest BCUT2D eigenvalue weighted by Crippen LogP contribution is 2.73. The van der Waals surface area contributed by atoms with Gasteiger partial charge < -0.3 is 4.74 Å². The second kappa shape index (κ2) is 8.24.